The van der Waals surface area contributed by atoms with Crippen molar-refractivity contribution in [3.63, 3.8) is 0 Å². The van der Waals surface area contributed by atoms with Gasteiger partial charge in [-0.1, -0.05) is 30.3 Å². The Hall–Kier alpha value is -3.06. The number of rotatable bonds is 3. The quantitative estimate of drug-likeness (QED) is 0.740. The molecule has 2 aromatic heterocycles. The lowest BCUT2D eigenvalue weighted by molar-refractivity contribution is 0.0421. The van der Waals surface area contributed by atoms with E-state index >= 15 is 0 Å². The fraction of sp³-hybridized carbons (Fsp3) is 0.300. The van der Waals surface area contributed by atoms with Gasteiger partial charge in [0.25, 0.3) is 5.91 Å². The van der Waals surface area contributed by atoms with Gasteiger partial charge in [0, 0.05) is 30.1 Å². The number of piperidine rings is 1. The first-order valence-electron chi connectivity index (χ1n) is 9.00. The van der Waals surface area contributed by atoms with Crippen LogP contribution in [0.5, 0.6) is 0 Å². The minimum Gasteiger partial charge on any atom is -0.389 e. The first kappa shape index (κ1) is 17.4. The van der Waals surface area contributed by atoms with Gasteiger partial charge in [-0.3, -0.25) is 9.78 Å². The number of aliphatic hydroxyl groups excluding tert-OH is 1. The Morgan fingerprint density at radius 1 is 1.15 bits per heavy atom. The molecule has 0 aliphatic carbocycles. The van der Waals surface area contributed by atoms with Gasteiger partial charge in [-0.15, -0.1) is 5.10 Å². The predicted molar refractivity (Wildman–Crippen MR) is 102 cm³/mol. The second-order valence-electron chi connectivity index (χ2n) is 6.75. The van der Waals surface area contributed by atoms with Crippen molar-refractivity contribution >= 4 is 22.5 Å². The van der Waals surface area contributed by atoms with Crippen molar-refractivity contribution in [1.29, 1.82) is 0 Å². The number of aryl methyl sites for hydroxylation is 1. The number of aliphatic hydroxyl groups is 1. The number of nitrogens with zero attached hydrogens (tertiary/aromatic N) is 4. The molecule has 4 rings (SSSR count). The fourth-order valence-corrected chi connectivity index (χ4v) is 3.46. The van der Waals surface area contributed by atoms with Gasteiger partial charge in [0.2, 0.25) is 0 Å². The molecule has 1 amide bonds. The number of amides is 1. The standard InChI is InChI=1S/C20H21N5O2/c1-13-14-6-2-3-7-15(14)19(24-23-13)22-16-9-11-25(12-18(16)26)20(27)17-8-4-5-10-21-17/h2-8,10,16,18,26H,9,11-12H2,1H3,(H,22,24)/t16-,18-/m1/s1. The van der Waals surface area contributed by atoms with Crippen LogP contribution in [0, 0.1) is 6.92 Å². The van der Waals surface area contributed by atoms with E-state index in [4.69, 9.17) is 0 Å². The second kappa shape index (κ2) is 7.28. The number of hydrogen-bond acceptors (Lipinski definition) is 6. The summed E-state index contributed by atoms with van der Waals surface area (Å²) in [7, 11) is 0. The second-order valence-corrected chi connectivity index (χ2v) is 6.75. The fourth-order valence-electron chi connectivity index (χ4n) is 3.46. The number of carbonyl (C=O) groups excluding carboxylic acids is 1. The summed E-state index contributed by atoms with van der Waals surface area (Å²) in [6, 6.07) is 13.0. The van der Waals surface area contributed by atoms with E-state index in [1.807, 2.05) is 31.2 Å². The third kappa shape index (κ3) is 3.46. The molecule has 1 saturated heterocycles. The number of anilines is 1. The number of β-amino-alcohol motifs (C(OH)–C–C–N with tert-alkyl or cyclic N) is 1. The van der Waals surface area contributed by atoms with Gasteiger partial charge in [0.1, 0.15) is 5.69 Å². The van der Waals surface area contributed by atoms with Gasteiger partial charge in [0.15, 0.2) is 5.82 Å². The number of hydrogen-bond donors (Lipinski definition) is 2. The third-order valence-electron chi connectivity index (χ3n) is 4.95. The van der Waals surface area contributed by atoms with Crippen LogP contribution in [0.3, 0.4) is 0 Å². The van der Waals surface area contributed by atoms with Gasteiger partial charge < -0.3 is 15.3 Å². The maximum absolute atomic E-state index is 12.5. The van der Waals surface area contributed by atoms with Crippen LogP contribution < -0.4 is 5.32 Å². The van der Waals surface area contributed by atoms with Crippen LogP contribution in [-0.4, -0.2) is 56.3 Å². The number of carbonyl (C=O) groups is 1. The number of likely N-dealkylation sites (tertiary alicyclic amines) is 1. The molecule has 3 heterocycles. The molecule has 27 heavy (non-hydrogen) atoms. The lowest BCUT2D eigenvalue weighted by Gasteiger charge is -2.36. The van der Waals surface area contributed by atoms with Crippen LogP contribution in [-0.2, 0) is 0 Å². The summed E-state index contributed by atoms with van der Waals surface area (Å²) in [4.78, 5) is 18.3. The van der Waals surface area contributed by atoms with E-state index in [1.165, 1.54) is 0 Å². The zero-order chi connectivity index (χ0) is 18.8. The smallest absolute Gasteiger partial charge is 0.272 e. The van der Waals surface area contributed by atoms with Gasteiger partial charge >= 0.3 is 0 Å². The highest BCUT2D eigenvalue weighted by atomic mass is 16.3. The topological polar surface area (TPSA) is 91.2 Å². The monoisotopic (exact) mass is 363 g/mol. The number of pyridine rings is 1. The molecule has 2 N–H and O–H groups in total. The van der Waals surface area contributed by atoms with Crippen molar-refractivity contribution in [2.75, 3.05) is 18.4 Å². The van der Waals surface area contributed by atoms with Gasteiger partial charge in [0.05, 0.1) is 17.8 Å². The summed E-state index contributed by atoms with van der Waals surface area (Å²) < 4.78 is 0. The van der Waals surface area contributed by atoms with Crippen LogP contribution in [0.15, 0.2) is 48.7 Å². The summed E-state index contributed by atoms with van der Waals surface area (Å²) in [6.07, 6.45) is 1.51. The molecule has 1 aromatic carbocycles. The third-order valence-corrected chi connectivity index (χ3v) is 4.95. The molecule has 3 aromatic rings. The predicted octanol–water partition coefficient (Wildman–Crippen LogP) is 2.02. The van der Waals surface area contributed by atoms with Crippen LogP contribution in [0.4, 0.5) is 5.82 Å². The number of nitrogens with one attached hydrogen (secondary N) is 1. The molecule has 2 atom stereocenters. The summed E-state index contributed by atoms with van der Waals surface area (Å²) in [5.41, 5.74) is 1.26. The highest BCUT2D eigenvalue weighted by molar-refractivity contribution is 5.93. The van der Waals surface area contributed by atoms with Crippen LogP contribution in [0.2, 0.25) is 0 Å². The summed E-state index contributed by atoms with van der Waals surface area (Å²) in [5.74, 6) is 0.499. The SMILES string of the molecule is Cc1nnc(N[C@@H]2CCN(C(=O)c3ccccn3)C[C@H]2O)c2ccccc12. The van der Waals surface area contributed by atoms with Crippen LogP contribution >= 0.6 is 0 Å². The van der Waals surface area contributed by atoms with E-state index in [1.54, 1.807) is 29.3 Å². The summed E-state index contributed by atoms with van der Waals surface area (Å²) >= 11 is 0. The van der Waals surface area contributed by atoms with E-state index in [0.29, 0.717) is 24.5 Å². The molecule has 0 saturated carbocycles. The zero-order valence-electron chi connectivity index (χ0n) is 15.0. The molecule has 1 aliphatic rings. The zero-order valence-corrected chi connectivity index (χ0v) is 15.0. The number of benzene rings is 1. The maximum Gasteiger partial charge on any atom is 0.272 e. The van der Waals surface area contributed by atoms with Crippen molar-refractivity contribution in [2.24, 2.45) is 0 Å². The first-order valence-corrected chi connectivity index (χ1v) is 9.00. The normalized spacial score (nSPS) is 19.9. The minimum atomic E-state index is -0.701. The lowest BCUT2D eigenvalue weighted by Crippen LogP contribution is -2.51. The highest BCUT2D eigenvalue weighted by Gasteiger charge is 2.31. The molecule has 0 bridgehead atoms. The molecule has 138 valence electrons. The largest absolute Gasteiger partial charge is 0.389 e. The van der Waals surface area contributed by atoms with E-state index in [9.17, 15) is 9.90 Å². The minimum absolute atomic E-state index is 0.159. The highest BCUT2D eigenvalue weighted by Crippen LogP contribution is 2.25. The van der Waals surface area contributed by atoms with Crippen LogP contribution in [0.1, 0.15) is 22.6 Å². The molecular formula is C20H21N5O2. The van der Waals surface area contributed by atoms with Gasteiger partial charge in [-0.05, 0) is 25.5 Å². The Morgan fingerprint density at radius 3 is 2.67 bits per heavy atom. The molecular weight excluding hydrogens is 342 g/mol. The Morgan fingerprint density at radius 2 is 1.93 bits per heavy atom. The molecule has 7 heteroatoms. The number of fused-ring (bicyclic) bond motifs is 1. The van der Waals surface area contributed by atoms with Crippen LogP contribution in [0.25, 0.3) is 10.8 Å². The molecule has 7 nitrogen and oxygen atoms in total. The lowest BCUT2D eigenvalue weighted by atomic mass is 10.0. The van der Waals surface area contributed by atoms with Crippen molar-refractivity contribution < 1.29 is 9.90 Å². The van der Waals surface area contributed by atoms with E-state index in [0.717, 1.165) is 16.5 Å². The van der Waals surface area contributed by atoms with Crippen molar-refractivity contribution in [3.05, 3.63) is 60.0 Å². The van der Waals surface area contributed by atoms with Gasteiger partial charge in [-0.25, -0.2) is 0 Å². The van der Waals surface area contributed by atoms with Crippen molar-refractivity contribution in [1.82, 2.24) is 20.1 Å². The average Bonchev–Trinajstić information content (AvgIpc) is 2.71. The summed E-state index contributed by atoms with van der Waals surface area (Å²) in [6.45, 7) is 2.72. The van der Waals surface area contributed by atoms with E-state index in [-0.39, 0.29) is 18.5 Å². The van der Waals surface area contributed by atoms with E-state index in [2.05, 4.69) is 20.5 Å². The molecule has 1 fully saturated rings. The Bertz CT molecular complexity index is 963. The van der Waals surface area contributed by atoms with Crippen molar-refractivity contribution in [3.8, 4) is 0 Å². The first-order chi connectivity index (χ1) is 13.1. The van der Waals surface area contributed by atoms with Crippen molar-refractivity contribution in [2.45, 2.75) is 25.5 Å². The maximum atomic E-state index is 12.5. The molecule has 1 aliphatic heterocycles. The Balaban J connectivity index is 1.48. The Labute approximate surface area is 157 Å². The Kier molecular flexibility index (Phi) is 4.68. The molecule has 0 spiro atoms. The average molecular weight is 363 g/mol. The van der Waals surface area contributed by atoms with Gasteiger partial charge in [-0.2, -0.15) is 5.10 Å². The van der Waals surface area contributed by atoms with E-state index < -0.39 is 6.10 Å². The number of aromatic nitrogens is 3. The summed E-state index contributed by atoms with van der Waals surface area (Å²) in [5, 5.41) is 24.4. The molecule has 0 unspecified atom stereocenters. The molecule has 0 radical (unpaired) electrons.